The molecule has 0 fully saturated rings. The Hall–Kier alpha value is -3.22. The lowest BCUT2D eigenvalue weighted by Crippen LogP contribution is -2.14. The number of amides is 1. The van der Waals surface area contributed by atoms with Gasteiger partial charge in [0.25, 0.3) is 0 Å². The van der Waals surface area contributed by atoms with Crippen LogP contribution in [0.4, 0.5) is 10.3 Å². The maximum absolute atomic E-state index is 14.0. The molecule has 2 aromatic heterocycles. The first-order valence-electron chi connectivity index (χ1n) is 8.91. The first-order valence-corrected chi connectivity index (χ1v) is 9.67. The molecule has 0 atom stereocenters. The van der Waals surface area contributed by atoms with Gasteiger partial charge in [0.1, 0.15) is 11.5 Å². The van der Waals surface area contributed by atoms with Gasteiger partial charge in [-0.3, -0.25) is 15.1 Å². The molecule has 2 heterocycles. The Labute approximate surface area is 181 Å². The molecule has 4 aromatic rings. The van der Waals surface area contributed by atoms with Gasteiger partial charge in [-0.2, -0.15) is 0 Å². The van der Waals surface area contributed by atoms with Crippen molar-refractivity contribution in [2.24, 2.45) is 0 Å². The maximum Gasteiger partial charge on any atom is 0.239 e. The van der Waals surface area contributed by atoms with Gasteiger partial charge in [0.2, 0.25) is 11.8 Å². The predicted molar refractivity (Wildman–Crippen MR) is 114 cm³/mol. The molecule has 0 aliphatic carbocycles. The zero-order chi connectivity index (χ0) is 21.1. The van der Waals surface area contributed by atoms with E-state index in [0.29, 0.717) is 33.0 Å². The molecule has 0 unspecified atom stereocenters. The Morgan fingerprint density at radius 3 is 2.50 bits per heavy atom. The van der Waals surface area contributed by atoms with Crippen molar-refractivity contribution < 1.29 is 13.7 Å². The standard InChI is InChI=1S/C22H14Cl2FN3O2/c23-16-4-2-1-3-14(16)12-19(29)27-22-20(13-7-9-26-10-8-13)21(28-30-22)15-5-6-17(24)18(25)11-15/h1-11H,12H2,(H,27,29). The number of halogens is 3. The molecule has 0 bridgehead atoms. The SMILES string of the molecule is O=C(Cc1ccccc1Cl)Nc1onc(-c2ccc(Cl)c(F)c2)c1-c1ccncc1. The zero-order valence-corrected chi connectivity index (χ0v) is 16.9. The van der Waals surface area contributed by atoms with Crippen molar-refractivity contribution in [3.63, 3.8) is 0 Å². The third-order valence-corrected chi connectivity index (χ3v) is 5.09. The minimum Gasteiger partial charge on any atom is -0.337 e. The highest BCUT2D eigenvalue weighted by Crippen LogP contribution is 2.38. The average molecular weight is 442 g/mol. The molecule has 0 radical (unpaired) electrons. The van der Waals surface area contributed by atoms with Crippen LogP contribution in [0.25, 0.3) is 22.4 Å². The molecular formula is C22H14Cl2FN3O2. The zero-order valence-electron chi connectivity index (χ0n) is 15.4. The molecule has 0 aliphatic heterocycles. The summed E-state index contributed by atoms with van der Waals surface area (Å²) in [4.78, 5) is 16.6. The summed E-state index contributed by atoms with van der Waals surface area (Å²) in [5, 5.41) is 7.30. The number of carbonyl (C=O) groups excluding carboxylic acids is 1. The van der Waals surface area contributed by atoms with Crippen molar-refractivity contribution in [3.05, 3.63) is 88.4 Å². The van der Waals surface area contributed by atoms with Gasteiger partial charge < -0.3 is 4.52 Å². The largest absolute Gasteiger partial charge is 0.337 e. The van der Waals surface area contributed by atoms with Gasteiger partial charge in [-0.15, -0.1) is 0 Å². The summed E-state index contributed by atoms with van der Waals surface area (Å²) in [5.41, 5.74) is 2.71. The van der Waals surface area contributed by atoms with Crippen LogP contribution in [-0.2, 0) is 11.2 Å². The topological polar surface area (TPSA) is 68.0 Å². The van der Waals surface area contributed by atoms with Crippen molar-refractivity contribution in [3.8, 4) is 22.4 Å². The van der Waals surface area contributed by atoms with E-state index < -0.39 is 5.82 Å². The second-order valence-corrected chi connectivity index (χ2v) is 7.23. The fourth-order valence-corrected chi connectivity index (χ4v) is 3.31. The molecule has 4 rings (SSSR count). The molecule has 2 aromatic carbocycles. The molecule has 0 aliphatic rings. The number of nitrogens with zero attached hydrogens (tertiary/aromatic N) is 2. The molecule has 0 spiro atoms. The quantitative estimate of drug-likeness (QED) is 0.410. The Morgan fingerprint density at radius 1 is 1.00 bits per heavy atom. The lowest BCUT2D eigenvalue weighted by molar-refractivity contribution is -0.115. The van der Waals surface area contributed by atoms with E-state index in [2.05, 4.69) is 15.5 Å². The van der Waals surface area contributed by atoms with E-state index in [4.69, 9.17) is 27.7 Å². The van der Waals surface area contributed by atoms with Gasteiger partial charge in [-0.1, -0.05) is 52.6 Å². The van der Waals surface area contributed by atoms with Crippen molar-refractivity contribution in [1.29, 1.82) is 0 Å². The van der Waals surface area contributed by atoms with Crippen LogP contribution in [0.2, 0.25) is 10.0 Å². The predicted octanol–water partition coefficient (Wildman–Crippen LogP) is 6.03. The third kappa shape index (κ3) is 4.20. The Kier molecular flexibility index (Phi) is 5.79. The molecular weight excluding hydrogens is 428 g/mol. The van der Waals surface area contributed by atoms with Crippen molar-refractivity contribution >= 4 is 35.0 Å². The monoisotopic (exact) mass is 441 g/mol. The van der Waals surface area contributed by atoms with Crippen LogP contribution in [0.3, 0.4) is 0 Å². The van der Waals surface area contributed by atoms with Crippen LogP contribution in [0.5, 0.6) is 0 Å². The van der Waals surface area contributed by atoms with E-state index in [1.165, 1.54) is 12.1 Å². The summed E-state index contributed by atoms with van der Waals surface area (Å²) in [6.45, 7) is 0. The number of aromatic nitrogens is 2. The number of benzene rings is 2. The van der Waals surface area contributed by atoms with Crippen LogP contribution in [0.15, 0.2) is 71.5 Å². The van der Waals surface area contributed by atoms with Crippen LogP contribution in [-0.4, -0.2) is 16.0 Å². The van der Waals surface area contributed by atoms with E-state index >= 15 is 0 Å². The van der Waals surface area contributed by atoms with E-state index in [-0.39, 0.29) is 23.2 Å². The molecule has 0 saturated heterocycles. The minimum absolute atomic E-state index is 0.000900. The first-order chi connectivity index (χ1) is 14.5. The molecule has 8 heteroatoms. The minimum atomic E-state index is -0.581. The normalized spacial score (nSPS) is 10.8. The molecule has 150 valence electrons. The molecule has 30 heavy (non-hydrogen) atoms. The number of pyridine rings is 1. The van der Waals surface area contributed by atoms with Crippen molar-refractivity contribution in [2.75, 3.05) is 5.32 Å². The van der Waals surface area contributed by atoms with Crippen LogP contribution < -0.4 is 5.32 Å². The molecule has 5 nitrogen and oxygen atoms in total. The highest BCUT2D eigenvalue weighted by molar-refractivity contribution is 6.31. The van der Waals surface area contributed by atoms with E-state index in [9.17, 15) is 9.18 Å². The smallest absolute Gasteiger partial charge is 0.239 e. The summed E-state index contributed by atoms with van der Waals surface area (Å²) in [6, 6.07) is 14.9. The number of carbonyl (C=O) groups is 1. The maximum atomic E-state index is 14.0. The van der Waals surface area contributed by atoms with Gasteiger partial charge in [0, 0.05) is 23.0 Å². The van der Waals surface area contributed by atoms with Gasteiger partial charge in [0.05, 0.1) is 17.0 Å². The summed E-state index contributed by atoms with van der Waals surface area (Å²) in [7, 11) is 0. The summed E-state index contributed by atoms with van der Waals surface area (Å²) >= 11 is 11.9. The summed E-state index contributed by atoms with van der Waals surface area (Å²) < 4.78 is 19.4. The third-order valence-electron chi connectivity index (χ3n) is 4.42. The van der Waals surface area contributed by atoms with E-state index in [0.717, 1.165) is 0 Å². The number of nitrogens with one attached hydrogen (secondary N) is 1. The number of anilines is 1. The fraction of sp³-hybridized carbons (Fsp3) is 0.0455. The second kappa shape index (κ2) is 8.65. The molecule has 0 saturated carbocycles. The average Bonchev–Trinajstić information content (AvgIpc) is 3.15. The van der Waals surface area contributed by atoms with Gasteiger partial charge in [0.15, 0.2) is 0 Å². The second-order valence-electron chi connectivity index (χ2n) is 6.42. The van der Waals surface area contributed by atoms with E-state index in [1.807, 2.05) is 0 Å². The van der Waals surface area contributed by atoms with Crippen LogP contribution in [0.1, 0.15) is 5.56 Å². The summed E-state index contributed by atoms with van der Waals surface area (Å²) in [5.74, 6) is -0.769. The molecule has 1 amide bonds. The van der Waals surface area contributed by atoms with Crippen LogP contribution >= 0.6 is 23.2 Å². The Balaban J connectivity index is 1.71. The van der Waals surface area contributed by atoms with Crippen molar-refractivity contribution in [1.82, 2.24) is 10.1 Å². The number of rotatable bonds is 5. The number of hydrogen-bond donors (Lipinski definition) is 1. The van der Waals surface area contributed by atoms with Crippen molar-refractivity contribution in [2.45, 2.75) is 6.42 Å². The van der Waals surface area contributed by atoms with Gasteiger partial charge >= 0.3 is 0 Å². The Bertz CT molecular complexity index is 1210. The van der Waals surface area contributed by atoms with Gasteiger partial charge in [-0.05, 0) is 41.5 Å². The fourth-order valence-electron chi connectivity index (χ4n) is 2.99. The first kappa shape index (κ1) is 20.1. The highest BCUT2D eigenvalue weighted by atomic mass is 35.5. The lowest BCUT2D eigenvalue weighted by atomic mass is 10.0. The Morgan fingerprint density at radius 2 is 1.77 bits per heavy atom. The molecule has 1 N–H and O–H groups in total. The summed E-state index contributed by atoms with van der Waals surface area (Å²) in [6.07, 6.45) is 3.26. The number of hydrogen-bond acceptors (Lipinski definition) is 4. The van der Waals surface area contributed by atoms with E-state index in [1.54, 1.807) is 54.9 Å². The van der Waals surface area contributed by atoms with Crippen LogP contribution in [0, 0.1) is 5.82 Å². The van der Waals surface area contributed by atoms with Gasteiger partial charge in [-0.25, -0.2) is 4.39 Å². The highest BCUT2D eigenvalue weighted by Gasteiger charge is 2.22. The lowest BCUT2D eigenvalue weighted by Gasteiger charge is -2.07.